The number of nitrogens with zero attached hydrogens (tertiary/aromatic N) is 2. The molecular weight excluding hydrogens is 226 g/mol. The molecule has 4 heteroatoms. The minimum atomic E-state index is -0.135. The Morgan fingerprint density at radius 1 is 1.61 bits per heavy atom. The van der Waals surface area contributed by atoms with E-state index in [1.807, 2.05) is 0 Å². The first-order chi connectivity index (χ1) is 8.54. The van der Waals surface area contributed by atoms with Crippen LogP contribution in [0.3, 0.4) is 0 Å². The van der Waals surface area contributed by atoms with Gasteiger partial charge in [-0.05, 0) is 45.6 Å². The third kappa shape index (κ3) is 2.93. The third-order valence-corrected chi connectivity index (χ3v) is 3.86. The SMILES string of the molecule is CCc1nn(C(C)CCC2(C)NCCO2)cc1C. The quantitative estimate of drug-likeness (QED) is 0.873. The second kappa shape index (κ2) is 5.41. The fourth-order valence-corrected chi connectivity index (χ4v) is 2.52. The van der Waals surface area contributed by atoms with Gasteiger partial charge in [0.1, 0.15) is 5.72 Å². The van der Waals surface area contributed by atoms with Crippen LogP contribution in [0.4, 0.5) is 0 Å². The van der Waals surface area contributed by atoms with Gasteiger partial charge < -0.3 is 4.74 Å². The highest BCUT2D eigenvalue weighted by atomic mass is 16.5. The van der Waals surface area contributed by atoms with Gasteiger partial charge >= 0.3 is 0 Å². The lowest BCUT2D eigenvalue weighted by molar-refractivity contribution is -0.00478. The van der Waals surface area contributed by atoms with Crippen molar-refractivity contribution in [2.75, 3.05) is 13.2 Å². The molecule has 1 fully saturated rings. The van der Waals surface area contributed by atoms with Crippen molar-refractivity contribution in [2.45, 2.75) is 58.7 Å². The van der Waals surface area contributed by atoms with E-state index in [0.717, 1.165) is 32.4 Å². The topological polar surface area (TPSA) is 39.1 Å². The summed E-state index contributed by atoms with van der Waals surface area (Å²) in [5.74, 6) is 0. The second-order valence-corrected chi connectivity index (χ2v) is 5.49. The molecule has 0 aromatic carbocycles. The van der Waals surface area contributed by atoms with Crippen molar-refractivity contribution in [3.63, 3.8) is 0 Å². The molecule has 1 aromatic heterocycles. The largest absolute Gasteiger partial charge is 0.360 e. The third-order valence-electron chi connectivity index (χ3n) is 3.86. The zero-order chi connectivity index (χ0) is 13.2. The lowest BCUT2D eigenvalue weighted by atomic mass is 10.1. The molecule has 2 unspecified atom stereocenters. The van der Waals surface area contributed by atoms with Gasteiger partial charge in [-0.1, -0.05) is 6.92 Å². The number of rotatable bonds is 5. The summed E-state index contributed by atoms with van der Waals surface area (Å²) in [5.41, 5.74) is 2.37. The maximum atomic E-state index is 5.74. The molecule has 1 aliphatic heterocycles. The van der Waals surface area contributed by atoms with E-state index in [2.05, 4.69) is 49.0 Å². The molecule has 102 valence electrons. The smallest absolute Gasteiger partial charge is 0.116 e. The summed E-state index contributed by atoms with van der Waals surface area (Å²) in [6.07, 6.45) is 5.27. The van der Waals surface area contributed by atoms with E-state index in [-0.39, 0.29) is 5.72 Å². The van der Waals surface area contributed by atoms with Gasteiger partial charge in [-0.25, -0.2) is 0 Å². The van der Waals surface area contributed by atoms with Crippen molar-refractivity contribution in [1.29, 1.82) is 0 Å². The van der Waals surface area contributed by atoms with Gasteiger partial charge in [0.2, 0.25) is 0 Å². The molecule has 0 spiro atoms. The number of aryl methyl sites for hydroxylation is 2. The fourth-order valence-electron chi connectivity index (χ4n) is 2.52. The van der Waals surface area contributed by atoms with E-state index in [1.54, 1.807) is 0 Å². The van der Waals surface area contributed by atoms with Crippen molar-refractivity contribution in [3.05, 3.63) is 17.5 Å². The van der Waals surface area contributed by atoms with E-state index in [9.17, 15) is 0 Å². The van der Waals surface area contributed by atoms with Crippen LogP contribution in [0.5, 0.6) is 0 Å². The Bertz CT molecular complexity index is 394. The van der Waals surface area contributed by atoms with Crippen molar-refractivity contribution >= 4 is 0 Å². The Kier molecular flexibility index (Phi) is 4.07. The Hall–Kier alpha value is -0.870. The maximum absolute atomic E-state index is 5.74. The van der Waals surface area contributed by atoms with Gasteiger partial charge in [-0.15, -0.1) is 0 Å². The monoisotopic (exact) mass is 251 g/mol. The van der Waals surface area contributed by atoms with Crippen LogP contribution < -0.4 is 5.32 Å². The zero-order valence-corrected chi connectivity index (χ0v) is 12.0. The van der Waals surface area contributed by atoms with Crippen molar-refractivity contribution in [3.8, 4) is 0 Å². The molecule has 1 saturated heterocycles. The second-order valence-electron chi connectivity index (χ2n) is 5.49. The molecular formula is C14H25N3O. The van der Waals surface area contributed by atoms with E-state index in [4.69, 9.17) is 4.74 Å². The summed E-state index contributed by atoms with van der Waals surface area (Å²) in [7, 11) is 0. The van der Waals surface area contributed by atoms with Crippen LogP contribution in [0.2, 0.25) is 0 Å². The van der Waals surface area contributed by atoms with Crippen LogP contribution in [0.15, 0.2) is 6.20 Å². The molecule has 0 amide bonds. The Balaban J connectivity index is 1.92. The van der Waals surface area contributed by atoms with Crippen LogP contribution in [-0.4, -0.2) is 28.7 Å². The first-order valence-electron chi connectivity index (χ1n) is 6.97. The van der Waals surface area contributed by atoms with Crippen molar-refractivity contribution < 1.29 is 4.74 Å². The standard InChI is InChI=1S/C14H25N3O/c1-5-13-11(2)10-17(16-13)12(3)6-7-14(4)15-8-9-18-14/h10,12,15H,5-9H2,1-4H3. The molecule has 2 rings (SSSR count). The summed E-state index contributed by atoms with van der Waals surface area (Å²) in [5, 5.41) is 8.07. The van der Waals surface area contributed by atoms with Crippen molar-refractivity contribution in [2.24, 2.45) is 0 Å². The van der Waals surface area contributed by atoms with Crippen LogP contribution in [0.1, 0.15) is 50.9 Å². The summed E-state index contributed by atoms with van der Waals surface area (Å²) < 4.78 is 7.84. The number of nitrogens with one attached hydrogen (secondary N) is 1. The predicted molar refractivity (Wildman–Crippen MR) is 72.6 cm³/mol. The number of ether oxygens (including phenoxy) is 1. The lowest BCUT2D eigenvalue weighted by Gasteiger charge is -2.25. The molecule has 0 bridgehead atoms. The zero-order valence-electron chi connectivity index (χ0n) is 12.0. The Morgan fingerprint density at radius 2 is 2.39 bits per heavy atom. The Labute approximate surface area is 110 Å². The van der Waals surface area contributed by atoms with Gasteiger partial charge in [-0.2, -0.15) is 5.10 Å². The summed E-state index contributed by atoms with van der Waals surface area (Å²) in [6.45, 7) is 10.4. The minimum absolute atomic E-state index is 0.135. The lowest BCUT2D eigenvalue weighted by Crippen LogP contribution is -2.37. The van der Waals surface area contributed by atoms with E-state index < -0.39 is 0 Å². The first-order valence-corrected chi connectivity index (χ1v) is 6.97. The van der Waals surface area contributed by atoms with Crippen LogP contribution in [0, 0.1) is 6.92 Å². The average Bonchev–Trinajstić information content (AvgIpc) is 2.93. The van der Waals surface area contributed by atoms with Crippen molar-refractivity contribution in [1.82, 2.24) is 15.1 Å². The number of aromatic nitrogens is 2. The fraction of sp³-hybridized carbons (Fsp3) is 0.786. The molecule has 1 aliphatic rings. The first kappa shape index (κ1) is 13.6. The van der Waals surface area contributed by atoms with Gasteiger partial charge in [0.25, 0.3) is 0 Å². The summed E-state index contributed by atoms with van der Waals surface area (Å²) in [6, 6.07) is 0.423. The van der Waals surface area contributed by atoms with Crippen LogP contribution >= 0.6 is 0 Å². The van der Waals surface area contributed by atoms with Gasteiger partial charge in [0.05, 0.1) is 12.3 Å². The molecule has 0 radical (unpaired) electrons. The molecule has 2 heterocycles. The summed E-state index contributed by atoms with van der Waals surface area (Å²) in [4.78, 5) is 0. The predicted octanol–water partition coefficient (Wildman–Crippen LogP) is 2.43. The van der Waals surface area contributed by atoms with E-state index in [0.29, 0.717) is 6.04 Å². The molecule has 1 N–H and O–H groups in total. The van der Waals surface area contributed by atoms with Gasteiger partial charge in [-0.3, -0.25) is 10.00 Å². The molecule has 0 aliphatic carbocycles. The number of hydrogen-bond acceptors (Lipinski definition) is 3. The molecule has 2 atom stereocenters. The van der Waals surface area contributed by atoms with E-state index >= 15 is 0 Å². The van der Waals surface area contributed by atoms with E-state index in [1.165, 1.54) is 11.3 Å². The molecule has 1 aromatic rings. The van der Waals surface area contributed by atoms with Crippen LogP contribution in [-0.2, 0) is 11.2 Å². The minimum Gasteiger partial charge on any atom is -0.360 e. The Morgan fingerprint density at radius 3 is 2.94 bits per heavy atom. The molecule has 18 heavy (non-hydrogen) atoms. The van der Waals surface area contributed by atoms with Crippen LogP contribution in [0.25, 0.3) is 0 Å². The molecule has 4 nitrogen and oxygen atoms in total. The average molecular weight is 251 g/mol. The van der Waals surface area contributed by atoms with Gasteiger partial charge in [0.15, 0.2) is 0 Å². The maximum Gasteiger partial charge on any atom is 0.116 e. The molecule has 0 saturated carbocycles. The van der Waals surface area contributed by atoms with Gasteiger partial charge in [0, 0.05) is 18.8 Å². The highest BCUT2D eigenvalue weighted by Crippen LogP contribution is 2.23. The number of hydrogen-bond donors (Lipinski definition) is 1. The normalized spacial score (nSPS) is 25.6. The highest BCUT2D eigenvalue weighted by molar-refractivity contribution is 5.14. The summed E-state index contributed by atoms with van der Waals surface area (Å²) >= 11 is 0. The highest BCUT2D eigenvalue weighted by Gasteiger charge is 2.29.